The van der Waals surface area contributed by atoms with Crippen molar-refractivity contribution in [3.8, 4) is 5.75 Å². The summed E-state index contributed by atoms with van der Waals surface area (Å²) in [5, 5.41) is 5.40. The van der Waals surface area contributed by atoms with Gasteiger partial charge in [0, 0.05) is 75.6 Å². The van der Waals surface area contributed by atoms with E-state index in [-0.39, 0.29) is 23.2 Å². The Morgan fingerprint density at radius 1 is 1.08 bits per heavy atom. The van der Waals surface area contributed by atoms with E-state index in [0.29, 0.717) is 73.2 Å². The Bertz CT molecular complexity index is 2240. The lowest BCUT2D eigenvalue weighted by atomic mass is 9.68. The zero-order chi connectivity index (χ0) is 40.9. The van der Waals surface area contributed by atoms with Crippen molar-refractivity contribution in [2.75, 3.05) is 81.8 Å². The van der Waals surface area contributed by atoms with Crippen molar-refractivity contribution in [3.63, 3.8) is 0 Å². The fraction of sp³-hybridized carbons (Fsp3) is 0.568. The number of hydrogen-bond acceptors (Lipinski definition) is 10. The third-order valence-corrected chi connectivity index (χ3v) is 15.8. The number of aromatic nitrogens is 2. The van der Waals surface area contributed by atoms with Gasteiger partial charge in [0.25, 0.3) is 11.8 Å². The lowest BCUT2D eigenvalue weighted by molar-refractivity contribution is -0.0661. The molecule has 2 amide bonds. The Hall–Kier alpha value is -3.95. The van der Waals surface area contributed by atoms with Gasteiger partial charge in [-0.3, -0.25) is 23.9 Å². The fourth-order valence-electron chi connectivity index (χ4n) is 10.2. The number of methoxy groups -OCH3 is 1. The fourth-order valence-corrected chi connectivity index (χ4v) is 12.2. The number of aryl methyl sites for hydroxylation is 2. The van der Waals surface area contributed by atoms with Crippen LogP contribution in [0.5, 0.6) is 5.75 Å². The molecule has 0 radical (unpaired) electrons. The Morgan fingerprint density at radius 2 is 1.92 bits per heavy atom. The maximum Gasteiger partial charge on any atom is 0.286 e. The van der Waals surface area contributed by atoms with E-state index in [0.717, 1.165) is 75.7 Å². The summed E-state index contributed by atoms with van der Waals surface area (Å²) < 4.78 is 42.0. The van der Waals surface area contributed by atoms with Gasteiger partial charge in [0.15, 0.2) is 5.82 Å². The van der Waals surface area contributed by atoms with Gasteiger partial charge < -0.3 is 24.0 Å². The highest BCUT2D eigenvalue weighted by molar-refractivity contribution is 7.92. The van der Waals surface area contributed by atoms with Crippen LogP contribution in [0.1, 0.15) is 70.9 Å². The molecule has 3 aromatic rings. The maximum atomic E-state index is 15.0. The van der Waals surface area contributed by atoms with Crippen LogP contribution in [-0.4, -0.2) is 115 Å². The number of rotatable bonds is 5. The highest BCUT2D eigenvalue weighted by atomic mass is 35.5. The minimum absolute atomic E-state index is 0.0115. The summed E-state index contributed by atoms with van der Waals surface area (Å²) in [5.41, 5.74) is 3.68. The molecule has 2 saturated heterocycles. The number of fused-ring (bicyclic) bond motifs is 4. The molecule has 4 aliphatic heterocycles. The SMILES string of the molecule is CO[C@H]1/C=C/C[C@H](C)C[S@@](=O)(NC(=O)c2cn(C)nc2N2CCN(C3COC3)CC2)=NC(=O)c2ccc3c(c2)N(C[C@@H]2CC[C@H]21)C[C@@]1(CCCc2cc(Cl)ccc21)CO3. The first-order chi connectivity index (χ1) is 28.5. The number of halogens is 1. The molecule has 13 nitrogen and oxygen atoms in total. The Kier molecular flexibility index (Phi) is 11.3. The van der Waals surface area contributed by atoms with Gasteiger partial charge in [-0.2, -0.15) is 5.10 Å². The van der Waals surface area contributed by atoms with E-state index in [2.05, 4.69) is 53.2 Å². The molecular formula is C44H56ClN7O6S. The molecule has 5 heterocycles. The van der Waals surface area contributed by atoms with Crippen molar-refractivity contribution in [2.24, 2.45) is 29.2 Å². The number of nitrogens with zero attached hydrogens (tertiary/aromatic N) is 6. The first-order valence-electron chi connectivity index (χ1n) is 21.2. The molecule has 1 aromatic heterocycles. The van der Waals surface area contributed by atoms with Crippen LogP contribution in [0.3, 0.4) is 0 Å². The average molecular weight is 846 g/mol. The van der Waals surface area contributed by atoms with Gasteiger partial charge in [-0.15, -0.1) is 4.36 Å². The van der Waals surface area contributed by atoms with Crippen molar-refractivity contribution < 1.29 is 28.0 Å². The number of piperazine rings is 1. The molecule has 6 atom stereocenters. The van der Waals surface area contributed by atoms with Crippen molar-refractivity contribution in [1.29, 1.82) is 0 Å². The molecule has 2 aliphatic carbocycles. The van der Waals surface area contributed by atoms with E-state index in [4.69, 9.17) is 25.8 Å². The van der Waals surface area contributed by atoms with Gasteiger partial charge in [-0.1, -0.05) is 36.7 Å². The molecule has 2 aromatic carbocycles. The molecule has 3 fully saturated rings. The van der Waals surface area contributed by atoms with Gasteiger partial charge >= 0.3 is 0 Å². The number of nitrogens with one attached hydrogen (secondary N) is 1. The summed E-state index contributed by atoms with van der Waals surface area (Å²) in [6, 6.07) is 12.1. The largest absolute Gasteiger partial charge is 0.490 e. The highest BCUT2D eigenvalue weighted by Gasteiger charge is 2.44. The molecule has 1 N–H and O–H groups in total. The number of amides is 2. The number of hydrogen-bond donors (Lipinski definition) is 1. The number of carbonyl (C=O) groups is 2. The molecule has 1 spiro atoms. The quantitative estimate of drug-likeness (QED) is 0.322. The minimum atomic E-state index is -3.62. The first-order valence-corrected chi connectivity index (χ1v) is 23.3. The number of carbonyl (C=O) groups excluding carboxylic acids is 2. The number of anilines is 2. The van der Waals surface area contributed by atoms with Crippen LogP contribution in [0, 0.1) is 17.8 Å². The van der Waals surface area contributed by atoms with Crippen LogP contribution in [-0.2, 0) is 38.3 Å². The van der Waals surface area contributed by atoms with Crippen molar-refractivity contribution in [1.82, 2.24) is 19.4 Å². The second-order valence-electron chi connectivity index (χ2n) is 17.6. The molecule has 0 unspecified atom stereocenters. The van der Waals surface area contributed by atoms with Crippen LogP contribution < -0.4 is 19.3 Å². The third-order valence-electron chi connectivity index (χ3n) is 13.6. The van der Waals surface area contributed by atoms with Gasteiger partial charge in [-0.25, -0.2) is 4.21 Å². The lowest BCUT2D eigenvalue weighted by Gasteiger charge is -2.46. The minimum Gasteiger partial charge on any atom is -0.490 e. The maximum absolute atomic E-state index is 15.0. The summed E-state index contributed by atoms with van der Waals surface area (Å²) in [4.78, 5) is 35.5. The van der Waals surface area contributed by atoms with Gasteiger partial charge in [-0.05, 0) is 97.7 Å². The lowest BCUT2D eigenvalue weighted by Crippen LogP contribution is -2.56. The molecule has 6 aliphatic rings. The van der Waals surface area contributed by atoms with Crippen molar-refractivity contribution in [2.45, 2.75) is 63.0 Å². The highest BCUT2D eigenvalue weighted by Crippen LogP contribution is 2.47. The van der Waals surface area contributed by atoms with E-state index in [9.17, 15) is 9.59 Å². The number of ether oxygens (including phenoxy) is 3. The molecule has 59 heavy (non-hydrogen) atoms. The Labute approximate surface area is 352 Å². The molecule has 9 rings (SSSR count). The van der Waals surface area contributed by atoms with Crippen LogP contribution in [0.15, 0.2) is 59.1 Å². The smallest absolute Gasteiger partial charge is 0.286 e. The van der Waals surface area contributed by atoms with Crippen LogP contribution in [0.2, 0.25) is 5.02 Å². The topological polar surface area (TPSA) is 131 Å². The van der Waals surface area contributed by atoms with Gasteiger partial charge in [0.2, 0.25) is 0 Å². The Balaban J connectivity index is 1.05. The normalized spacial score (nSPS) is 30.8. The molecule has 2 bridgehead atoms. The molecule has 15 heteroatoms. The Morgan fingerprint density at radius 3 is 2.66 bits per heavy atom. The summed E-state index contributed by atoms with van der Waals surface area (Å²) in [6.45, 7) is 8.50. The second-order valence-corrected chi connectivity index (χ2v) is 20.1. The molecule has 316 valence electrons. The van der Waals surface area contributed by atoms with E-state index in [1.54, 1.807) is 31.1 Å². The van der Waals surface area contributed by atoms with Crippen LogP contribution >= 0.6 is 11.6 Å². The van der Waals surface area contributed by atoms with Crippen LogP contribution in [0.4, 0.5) is 11.5 Å². The average Bonchev–Trinajstić information content (AvgIpc) is 3.51. The zero-order valence-electron chi connectivity index (χ0n) is 34.3. The monoisotopic (exact) mass is 845 g/mol. The van der Waals surface area contributed by atoms with Crippen LogP contribution in [0.25, 0.3) is 0 Å². The summed E-state index contributed by atoms with van der Waals surface area (Å²) in [5.74, 6) is 0.535. The van der Waals surface area contributed by atoms with Gasteiger partial charge in [0.05, 0.1) is 43.4 Å². The molecular weight excluding hydrogens is 790 g/mol. The first kappa shape index (κ1) is 40.5. The third kappa shape index (κ3) is 8.15. The van der Waals surface area contributed by atoms with Crippen molar-refractivity contribution in [3.05, 3.63) is 82.0 Å². The number of benzene rings is 2. The predicted molar refractivity (Wildman–Crippen MR) is 229 cm³/mol. The number of allylic oxidation sites excluding steroid dienone is 1. The zero-order valence-corrected chi connectivity index (χ0v) is 35.9. The van der Waals surface area contributed by atoms with Gasteiger partial charge in [0.1, 0.15) is 21.2 Å². The van der Waals surface area contributed by atoms with E-state index < -0.39 is 21.7 Å². The van der Waals surface area contributed by atoms with Crippen molar-refractivity contribution >= 4 is 44.8 Å². The van der Waals surface area contributed by atoms with E-state index in [1.807, 2.05) is 25.1 Å². The second kappa shape index (κ2) is 16.5. The summed E-state index contributed by atoms with van der Waals surface area (Å²) in [6.07, 6.45) is 11.5. The predicted octanol–water partition coefficient (Wildman–Crippen LogP) is 5.66. The summed E-state index contributed by atoms with van der Waals surface area (Å²) in [7, 11) is -0.0744. The van der Waals surface area contributed by atoms with E-state index in [1.165, 1.54) is 11.1 Å². The standard InChI is InChI=1S/C44H56ClN7O6S/c1-29-6-4-8-39(56-3)35-12-9-32(35)22-52-27-44(15-5-7-30-20-33(45)11-13-37(30)44)28-58-40-14-10-31(21-38(40)52)42(53)47-59(55,26-29)48-43(54)36-23-49(2)46-41(36)51-18-16-50(17-19-51)34-24-57-25-34/h4,8,10-11,13-14,20-21,23,29,32,34-35,39H,5-7,9,12,15-19,22,24-28H2,1-3H3,(H,47,48,53,54,55)/b8-4+/t29-,32-,35+,39-,44-,59-/m0/s1. The summed E-state index contributed by atoms with van der Waals surface area (Å²) >= 11 is 6.50. The van der Waals surface area contributed by atoms with E-state index >= 15 is 4.21 Å². The molecule has 1 saturated carbocycles.